The predicted molar refractivity (Wildman–Crippen MR) is 68.4 cm³/mol. The lowest BCUT2D eigenvalue weighted by Gasteiger charge is -2.00. The molecule has 0 aliphatic heterocycles. The predicted octanol–water partition coefficient (Wildman–Crippen LogP) is 3.22. The highest BCUT2D eigenvalue weighted by atomic mass is 16.5. The van der Waals surface area contributed by atoms with Crippen molar-refractivity contribution in [3.63, 3.8) is 0 Å². The summed E-state index contributed by atoms with van der Waals surface area (Å²) >= 11 is 0. The first-order valence-electron chi connectivity index (χ1n) is 6.08. The third-order valence-electron chi connectivity index (χ3n) is 2.36. The van der Waals surface area contributed by atoms with E-state index in [9.17, 15) is 4.79 Å². The summed E-state index contributed by atoms with van der Waals surface area (Å²) in [5.41, 5.74) is 0.947. The molecule has 0 bridgehead atoms. The quantitative estimate of drug-likeness (QED) is 0.412. The Kier molecular flexibility index (Phi) is 6.72. The van der Waals surface area contributed by atoms with Crippen molar-refractivity contribution in [2.24, 2.45) is 0 Å². The van der Waals surface area contributed by atoms with Crippen molar-refractivity contribution >= 4 is 12.0 Å². The number of carbonyl (C=O) groups excluding carboxylic acids is 1. The van der Waals surface area contributed by atoms with Gasteiger partial charge in [-0.15, -0.1) is 0 Å². The van der Waals surface area contributed by atoms with Gasteiger partial charge in [0, 0.05) is 18.5 Å². The topological polar surface area (TPSA) is 39.2 Å². The van der Waals surface area contributed by atoms with Gasteiger partial charge in [-0.3, -0.25) is 4.98 Å². The molecule has 0 N–H and O–H groups in total. The molecule has 0 fully saturated rings. The average Bonchev–Trinajstić information content (AvgIpc) is 2.37. The molecule has 0 amide bonds. The standard InChI is InChI=1S/C14H19NO2/c1-2-3-4-5-12-17-14(16)7-6-13-8-10-15-11-9-13/h6-11H,2-5,12H2,1H3. The van der Waals surface area contributed by atoms with Crippen molar-refractivity contribution in [3.05, 3.63) is 36.2 Å². The Morgan fingerprint density at radius 3 is 2.76 bits per heavy atom. The second-order valence-electron chi connectivity index (χ2n) is 3.84. The molecule has 1 aromatic heterocycles. The zero-order valence-electron chi connectivity index (χ0n) is 10.3. The molecule has 0 unspecified atom stereocenters. The van der Waals surface area contributed by atoms with Crippen LogP contribution in [0.15, 0.2) is 30.6 Å². The Morgan fingerprint density at radius 1 is 1.29 bits per heavy atom. The third-order valence-corrected chi connectivity index (χ3v) is 2.36. The molecule has 1 rings (SSSR count). The number of rotatable bonds is 7. The van der Waals surface area contributed by atoms with Crippen LogP contribution < -0.4 is 0 Å². The molecule has 17 heavy (non-hydrogen) atoms. The van der Waals surface area contributed by atoms with E-state index >= 15 is 0 Å². The molecular formula is C14H19NO2. The number of aromatic nitrogens is 1. The molecule has 1 heterocycles. The highest BCUT2D eigenvalue weighted by Gasteiger charge is 1.96. The van der Waals surface area contributed by atoms with Crippen LogP contribution >= 0.6 is 0 Å². The average molecular weight is 233 g/mol. The molecule has 0 aliphatic carbocycles. The van der Waals surface area contributed by atoms with Gasteiger partial charge in [0.25, 0.3) is 0 Å². The summed E-state index contributed by atoms with van der Waals surface area (Å²) in [5.74, 6) is -0.279. The second-order valence-corrected chi connectivity index (χ2v) is 3.84. The van der Waals surface area contributed by atoms with Gasteiger partial charge in [-0.2, -0.15) is 0 Å². The Balaban J connectivity index is 2.19. The van der Waals surface area contributed by atoms with Gasteiger partial charge < -0.3 is 4.74 Å². The fourth-order valence-corrected chi connectivity index (χ4v) is 1.39. The molecular weight excluding hydrogens is 214 g/mol. The normalized spacial score (nSPS) is 10.6. The number of ether oxygens (including phenoxy) is 1. The van der Waals surface area contributed by atoms with Gasteiger partial charge in [0.15, 0.2) is 0 Å². The van der Waals surface area contributed by atoms with Gasteiger partial charge in [-0.05, 0) is 30.2 Å². The molecule has 0 aliphatic rings. The van der Waals surface area contributed by atoms with E-state index in [4.69, 9.17) is 4.74 Å². The summed E-state index contributed by atoms with van der Waals surface area (Å²) in [5, 5.41) is 0. The van der Waals surface area contributed by atoms with E-state index in [0.717, 1.165) is 18.4 Å². The summed E-state index contributed by atoms with van der Waals surface area (Å²) < 4.78 is 5.07. The lowest BCUT2D eigenvalue weighted by Crippen LogP contribution is -2.02. The molecule has 0 spiro atoms. The monoisotopic (exact) mass is 233 g/mol. The van der Waals surface area contributed by atoms with Crippen molar-refractivity contribution in [1.82, 2.24) is 4.98 Å². The largest absolute Gasteiger partial charge is 0.463 e. The van der Waals surface area contributed by atoms with Gasteiger partial charge in [-0.25, -0.2) is 4.79 Å². The number of pyridine rings is 1. The number of unbranched alkanes of at least 4 members (excludes halogenated alkanes) is 3. The lowest BCUT2D eigenvalue weighted by molar-refractivity contribution is -0.137. The molecule has 0 radical (unpaired) electrons. The number of hydrogen-bond donors (Lipinski definition) is 0. The van der Waals surface area contributed by atoms with Gasteiger partial charge in [-0.1, -0.05) is 26.2 Å². The zero-order valence-corrected chi connectivity index (χ0v) is 10.3. The number of esters is 1. The maximum absolute atomic E-state index is 11.3. The van der Waals surface area contributed by atoms with Crippen LogP contribution in [0.2, 0.25) is 0 Å². The Bertz CT molecular complexity index is 346. The Labute approximate surface area is 103 Å². The lowest BCUT2D eigenvalue weighted by atomic mass is 10.2. The van der Waals surface area contributed by atoms with Crippen molar-refractivity contribution in [2.45, 2.75) is 32.6 Å². The summed E-state index contributed by atoms with van der Waals surface area (Å²) in [4.78, 5) is 15.2. The number of hydrogen-bond acceptors (Lipinski definition) is 3. The summed E-state index contributed by atoms with van der Waals surface area (Å²) in [6, 6.07) is 3.68. The molecule has 1 aromatic rings. The van der Waals surface area contributed by atoms with E-state index in [-0.39, 0.29) is 5.97 Å². The van der Waals surface area contributed by atoms with Crippen LogP contribution in [0.3, 0.4) is 0 Å². The Morgan fingerprint density at radius 2 is 2.06 bits per heavy atom. The summed E-state index contributed by atoms with van der Waals surface area (Å²) in [7, 11) is 0. The van der Waals surface area contributed by atoms with Crippen molar-refractivity contribution < 1.29 is 9.53 Å². The summed E-state index contributed by atoms with van der Waals surface area (Å²) in [6.07, 6.45) is 11.0. The maximum atomic E-state index is 11.3. The van der Waals surface area contributed by atoms with Crippen LogP contribution in [0.25, 0.3) is 6.08 Å². The van der Waals surface area contributed by atoms with Crippen LogP contribution in [0.1, 0.15) is 38.2 Å². The molecule has 3 heteroatoms. The van der Waals surface area contributed by atoms with Crippen molar-refractivity contribution in [2.75, 3.05) is 6.61 Å². The van der Waals surface area contributed by atoms with Crippen molar-refractivity contribution in [3.8, 4) is 0 Å². The van der Waals surface area contributed by atoms with Crippen LogP contribution in [0.4, 0.5) is 0 Å². The van der Waals surface area contributed by atoms with Crippen LogP contribution in [0, 0.1) is 0 Å². The van der Waals surface area contributed by atoms with Crippen molar-refractivity contribution in [1.29, 1.82) is 0 Å². The smallest absolute Gasteiger partial charge is 0.330 e. The zero-order chi connectivity index (χ0) is 12.3. The van der Waals surface area contributed by atoms with Crippen LogP contribution in [0.5, 0.6) is 0 Å². The van der Waals surface area contributed by atoms with E-state index in [0.29, 0.717) is 6.61 Å². The minimum absolute atomic E-state index is 0.279. The van der Waals surface area contributed by atoms with E-state index in [1.54, 1.807) is 18.5 Å². The van der Waals surface area contributed by atoms with Gasteiger partial charge in [0.05, 0.1) is 6.61 Å². The minimum Gasteiger partial charge on any atom is -0.463 e. The number of carbonyl (C=O) groups is 1. The first-order valence-corrected chi connectivity index (χ1v) is 6.08. The molecule has 3 nitrogen and oxygen atoms in total. The maximum Gasteiger partial charge on any atom is 0.330 e. The van der Waals surface area contributed by atoms with Crippen LogP contribution in [-0.4, -0.2) is 17.6 Å². The van der Waals surface area contributed by atoms with E-state index < -0.39 is 0 Å². The minimum atomic E-state index is -0.279. The van der Waals surface area contributed by atoms with E-state index in [1.165, 1.54) is 18.9 Å². The second kappa shape index (κ2) is 8.50. The van der Waals surface area contributed by atoms with Gasteiger partial charge in [0.1, 0.15) is 0 Å². The molecule has 0 saturated carbocycles. The fourth-order valence-electron chi connectivity index (χ4n) is 1.39. The first kappa shape index (κ1) is 13.4. The SMILES string of the molecule is CCCCCCOC(=O)C=Cc1ccncc1. The fraction of sp³-hybridized carbons (Fsp3) is 0.429. The molecule has 0 saturated heterocycles. The van der Waals surface area contributed by atoms with E-state index in [2.05, 4.69) is 11.9 Å². The molecule has 0 aromatic carbocycles. The van der Waals surface area contributed by atoms with Crippen LogP contribution in [-0.2, 0) is 9.53 Å². The highest BCUT2D eigenvalue weighted by molar-refractivity contribution is 5.86. The van der Waals surface area contributed by atoms with Gasteiger partial charge in [0.2, 0.25) is 0 Å². The molecule has 0 atom stereocenters. The summed E-state index contributed by atoms with van der Waals surface area (Å²) in [6.45, 7) is 2.67. The first-order chi connectivity index (χ1) is 8.33. The number of nitrogens with zero attached hydrogens (tertiary/aromatic N) is 1. The molecule has 92 valence electrons. The van der Waals surface area contributed by atoms with Gasteiger partial charge >= 0.3 is 5.97 Å². The highest BCUT2D eigenvalue weighted by Crippen LogP contribution is 2.01. The Hall–Kier alpha value is -1.64. The van der Waals surface area contributed by atoms with E-state index in [1.807, 2.05) is 12.1 Å². The third kappa shape index (κ3) is 6.51.